The number of halogens is 1. The molecule has 0 unspecified atom stereocenters. The monoisotopic (exact) mass is 938 g/mol. The van der Waals surface area contributed by atoms with Gasteiger partial charge < -0.3 is 27.9 Å². The number of hydrogen-bond acceptors (Lipinski definition) is 12. The van der Waals surface area contributed by atoms with Gasteiger partial charge >= 0.3 is 21.1 Å². The van der Waals surface area contributed by atoms with Gasteiger partial charge in [0, 0.05) is 31.3 Å². The van der Waals surface area contributed by atoms with E-state index in [9.17, 15) is 0 Å². The Bertz CT molecular complexity index is 2990. The van der Waals surface area contributed by atoms with Crippen LogP contribution in [-0.4, -0.2) is 74.7 Å². The Hall–Kier alpha value is -4.28. The number of fused-ring (bicyclic) bond motifs is 6. The number of hydrogen-bond donors (Lipinski definition) is 0. The summed E-state index contributed by atoms with van der Waals surface area (Å²) in [5.74, 6) is 0. The van der Waals surface area contributed by atoms with Crippen LogP contribution in [0, 0.1) is 0 Å². The number of aromatic nitrogens is 4. The van der Waals surface area contributed by atoms with E-state index in [1.54, 1.807) is 22.7 Å². The van der Waals surface area contributed by atoms with E-state index in [0.717, 1.165) is 53.7 Å². The van der Waals surface area contributed by atoms with Crippen molar-refractivity contribution in [3.63, 3.8) is 0 Å². The van der Waals surface area contributed by atoms with Gasteiger partial charge in [-0.1, -0.05) is 97.1 Å². The van der Waals surface area contributed by atoms with Crippen LogP contribution in [0.4, 0.5) is 0 Å². The van der Waals surface area contributed by atoms with E-state index in [0.29, 0.717) is 11.0 Å². The molecule has 0 spiro atoms. The molecular weight excluding hydrogens is 885 g/mol. The van der Waals surface area contributed by atoms with Gasteiger partial charge in [-0.15, -0.1) is 22.7 Å². The summed E-state index contributed by atoms with van der Waals surface area (Å²) >= 11 is 9.55. The summed E-state index contributed by atoms with van der Waals surface area (Å²) in [4.78, 5) is 18.7. The highest BCUT2D eigenvalue weighted by atomic mass is 35.5. The lowest BCUT2D eigenvalue weighted by Gasteiger charge is -2.32. The fourth-order valence-corrected chi connectivity index (χ4v) is 10.3. The van der Waals surface area contributed by atoms with Gasteiger partial charge in [0.25, 0.3) is 0 Å². The summed E-state index contributed by atoms with van der Waals surface area (Å²) in [5, 5.41) is 2.56. The highest BCUT2D eigenvalue weighted by Crippen LogP contribution is 2.44. The molecular formula is C50H54B3ClN4O6S2. The lowest BCUT2D eigenvalue weighted by atomic mass is 9.49. The van der Waals surface area contributed by atoms with Crippen LogP contribution in [0.15, 0.2) is 109 Å². The van der Waals surface area contributed by atoms with Crippen LogP contribution in [0.5, 0.6) is 0 Å². The maximum atomic E-state index is 6.23. The van der Waals surface area contributed by atoms with E-state index in [-0.39, 0.29) is 22.4 Å². The minimum Gasteiger partial charge on any atom is -0.405 e. The second kappa shape index (κ2) is 17.0. The Morgan fingerprint density at radius 2 is 0.758 bits per heavy atom. The molecule has 0 N–H and O–H groups in total. The van der Waals surface area contributed by atoms with E-state index in [4.69, 9.17) is 49.5 Å². The highest BCUT2D eigenvalue weighted by Gasteiger charge is 2.63. The number of benzene rings is 4. The predicted octanol–water partition coefficient (Wildman–Crippen LogP) is 12.2. The Labute approximate surface area is 401 Å². The molecule has 16 heteroatoms. The zero-order chi connectivity index (χ0) is 47.0. The maximum Gasteiger partial charge on any atom is 0.534 e. The summed E-state index contributed by atoms with van der Waals surface area (Å²) in [6.07, 6.45) is 0. The first-order chi connectivity index (χ1) is 31.1. The third-order valence-corrected chi connectivity index (χ3v) is 16.3. The quantitative estimate of drug-likeness (QED) is 0.125. The van der Waals surface area contributed by atoms with Gasteiger partial charge in [0.05, 0.1) is 65.4 Å². The van der Waals surface area contributed by atoms with Crippen molar-refractivity contribution >= 4 is 102 Å². The van der Waals surface area contributed by atoms with Crippen molar-refractivity contribution in [3.05, 3.63) is 114 Å². The van der Waals surface area contributed by atoms with Gasteiger partial charge in [0.2, 0.25) is 5.28 Å². The lowest BCUT2D eigenvalue weighted by molar-refractivity contribution is 0.00578. The van der Waals surface area contributed by atoms with Crippen molar-refractivity contribution < 1.29 is 27.9 Å². The molecule has 3 saturated heterocycles. The number of rotatable bonds is 4. The van der Waals surface area contributed by atoms with Crippen LogP contribution >= 0.6 is 34.3 Å². The molecule has 3 aliphatic heterocycles. The van der Waals surface area contributed by atoms with Gasteiger partial charge in [0.15, 0.2) is 5.72 Å². The molecule has 0 atom stereocenters. The lowest BCUT2D eigenvalue weighted by Crippen LogP contribution is -2.41. The minimum atomic E-state index is -0.587. The molecule has 0 aliphatic carbocycles. The van der Waals surface area contributed by atoms with E-state index in [1.807, 2.05) is 150 Å². The second-order valence-electron chi connectivity index (χ2n) is 19.9. The topological polar surface area (TPSA) is 107 Å². The molecule has 8 aromatic rings. The van der Waals surface area contributed by atoms with E-state index >= 15 is 0 Å². The molecule has 66 heavy (non-hydrogen) atoms. The van der Waals surface area contributed by atoms with Crippen molar-refractivity contribution in [2.75, 3.05) is 0 Å². The smallest absolute Gasteiger partial charge is 0.405 e. The third-order valence-electron chi connectivity index (χ3n) is 13.8. The van der Waals surface area contributed by atoms with Crippen LogP contribution in [0.2, 0.25) is 5.28 Å². The van der Waals surface area contributed by atoms with Crippen molar-refractivity contribution in [3.8, 4) is 22.5 Å². The molecule has 0 amide bonds. The summed E-state index contributed by atoms with van der Waals surface area (Å²) in [6.45, 7) is 24.4. The maximum absolute atomic E-state index is 6.23. The van der Waals surface area contributed by atoms with Gasteiger partial charge in [-0.05, 0) is 107 Å². The van der Waals surface area contributed by atoms with Crippen molar-refractivity contribution in [1.82, 2.24) is 19.9 Å². The molecule has 3 aliphatic rings. The average Bonchev–Trinajstić information content (AvgIpc) is 4.01. The van der Waals surface area contributed by atoms with E-state index in [2.05, 4.69) is 52.4 Å². The van der Waals surface area contributed by atoms with Gasteiger partial charge in [-0.25, -0.2) is 19.9 Å². The molecule has 7 heterocycles. The molecule has 0 saturated carbocycles. The standard InChI is InChI=1S/C22H21BN2O2S.C16H9ClN2S.C12H24B2O4/c1-21(2)22(3,4)27-23(26-21)20-24-17(14-10-6-5-7-11-14)19-18(25-20)15-12-8-9-13-16(15)28-19;17-16-18-13(10-6-2-1-3-7-10)15-14(19-16)11-8-4-5-9-12(11)20-15;1-9(2)10(3,4)16-13(15-9)14-17-11(5,6)12(7,8)18-14/h5-13H,1-4H3;1-9H;1-8H3. The molecule has 10 nitrogen and oxygen atoms in total. The molecule has 11 rings (SSSR count). The second-order valence-corrected chi connectivity index (χ2v) is 22.3. The van der Waals surface area contributed by atoms with Gasteiger partial charge in [0.1, 0.15) is 0 Å². The number of thiophene rings is 2. The van der Waals surface area contributed by atoms with Crippen LogP contribution in [-0.2, 0) is 27.9 Å². The Balaban J connectivity index is 0.000000129. The molecule has 338 valence electrons. The van der Waals surface area contributed by atoms with Crippen LogP contribution in [0.25, 0.3) is 63.1 Å². The van der Waals surface area contributed by atoms with Crippen LogP contribution in [0.1, 0.15) is 83.1 Å². The van der Waals surface area contributed by atoms with Crippen LogP contribution in [0.3, 0.4) is 0 Å². The zero-order valence-electron chi connectivity index (χ0n) is 39.6. The first kappa shape index (κ1) is 46.8. The Morgan fingerprint density at radius 3 is 1.18 bits per heavy atom. The van der Waals surface area contributed by atoms with Crippen molar-refractivity contribution in [1.29, 1.82) is 0 Å². The zero-order valence-corrected chi connectivity index (χ0v) is 41.9. The van der Waals surface area contributed by atoms with Crippen LogP contribution < -0.4 is 5.72 Å². The summed E-state index contributed by atoms with van der Waals surface area (Å²) in [5.41, 5.74) is 4.13. The number of nitrogens with zero attached hydrogens (tertiary/aromatic N) is 4. The average molecular weight is 939 g/mol. The summed E-state index contributed by atoms with van der Waals surface area (Å²) in [6, 6.07) is 36.9. The Morgan fingerprint density at radius 1 is 0.409 bits per heavy atom. The summed E-state index contributed by atoms with van der Waals surface area (Å²) < 4.78 is 40.9. The molecule has 4 aromatic heterocycles. The third kappa shape index (κ3) is 8.60. The normalized spacial score (nSPS) is 19.9. The largest absolute Gasteiger partial charge is 0.534 e. The SMILES string of the molecule is CC1(C)OB(B2OC(C)(C)C(C)(C)O2)OC1(C)C.CC1(C)OB(c2nc(-c3ccccc3)c3sc4ccccc4c3n2)OC1(C)C.Clc1nc(-c2ccccc2)c2sc3ccccc3c2n1. The fourth-order valence-electron chi connectivity index (χ4n) is 7.81. The van der Waals surface area contributed by atoms with Gasteiger partial charge in [-0.3, -0.25) is 0 Å². The first-order valence-corrected chi connectivity index (χ1v) is 24.3. The Kier molecular flexibility index (Phi) is 12.1. The highest BCUT2D eigenvalue weighted by molar-refractivity contribution is 7.26. The first-order valence-electron chi connectivity index (χ1n) is 22.3. The fraction of sp³-hybridized carbons (Fsp3) is 0.360. The summed E-state index contributed by atoms with van der Waals surface area (Å²) in [7, 11) is -1.54. The molecule has 0 radical (unpaired) electrons. The predicted molar refractivity (Wildman–Crippen MR) is 274 cm³/mol. The van der Waals surface area contributed by atoms with Crippen molar-refractivity contribution in [2.45, 2.75) is 117 Å². The minimum absolute atomic E-state index is 0.292. The van der Waals surface area contributed by atoms with Crippen molar-refractivity contribution in [2.24, 2.45) is 0 Å². The molecule has 4 aromatic carbocycles. The molecule has 3 fully saturated rings. The van der Waals surface area contributed by atoms with Gasteiger partial charge in [-0.2, -0.15) is 0 Å². The molecule has 0 bridgehead atoms. The van der Waals surface area contributed by atoms with E-state index < -0.39 is 32.3 Å². The van der Waals surface area contributed by atoms with E-state index in [1.165, 1.54) is 9.40 Å².